The monoisotopic (exact) mass is 279 g/mol. The van der Waals surface area contributed by atoms with E-state index < -0.39 is 6.10 Å². The second-order valence-electron chi connectivity index (χ2n) is 5.42. The highest BCUT2D eigenvalue weighted by Gasteiger charge is 2.19. The maximum atomic E-state index is 12.0. The summed E-state index contributed by atoms with van der Waals surface area (Å²) in [4.78, 5) is 12.0. The molecule has 3 N–H and O–H groups in total. The largest absolute Gasteiger partial charge is 0.399 e. The molecule has 1 aromatic rings. The van der Waals surface area contributed by atoms with Crippen molar-refractivity contribution in [2.45, 2.75) is 53.6 Å². The zero-order chi connectivity index (χ0) is 15.7. The predicted octanol–water partition coefficient (Wildman–Crippen LogP) is 3.91. The van der Waals surface area contributed by atoms with Crippen LogP contribution in [-0.4, -0.2) is 17.0 Å². The zero-order valence-corrected chi connectivity index (χ0v) is 13.4. The summed E-state index contributed by atoms with van der Waals surface area (Å²) in [6.45, 7) is 10.2. The highest BCUT2D eigenvalue weighted by Crippen LogP contribution is 2.19. The molecule has 0 bridgehead atoms. The number of nitrogen functional groups attached to an aromatic ring is 1. The number of aliphatic hydroxyl groups is 1. The van der Waals surface area contributed by atoms with Crippen LogP contribution in [0.25, 0.3) is 0 Å². The van der Waals surface area contributed by atoms with E-state index in [1.54, 1.807) is 24.3 Å². The molecule has 0 aliphatic carbocycles. The Morgan fingerprint density at radius 1 is 1.15 bits per heavy atom. The normalized spacial score (nSPS) is 13.3. The Balaban J connectivity index is 0.00000172. The Bertz CT molecular complexity index is 384. The highest BCUT2D eigenvalue weighted by molar-refractivity contribution is 5.96. The van der Waals surface area contributed by atoms with Crippen molar-refractivity contribution in [1.29, 1.82) is 0 Å². The van der Waals surface area contributed by atoms with E-state index in [0.29, 0.717) is 17.2 Å². The van der Waals surface area contributed by atoms with Gasteiger partial charge < -0.3 is 10.8 Å². The van der Waals surface area contributed by atoms with Crippen LogP contribution >= 0.6 is 0 Å². The van der Waals surface area contributed by atoms with Gasteiger partial charge in [-0.3, -0.25) is 4.79 Å². The first kappa shape index (κ1) is 18.7. The van der Waals surface area contributed by atoms with E-state index in [9.17, 15) is 9.90 Å². The minimum Gasteiger partial charge on any atom is -0.399 e. The number of hydrogen-bond donors (Lipinski definition) is 2. The minimum atomic E-state index is -0.572. The number of aliphatic hydroxyl groups excluding tert-OH is 1. The molecule has 0 fully saturated rings. The van der Waals surface area contributed by atoms with Crippen LogP contribution < -0.4 is 5.73 Å². The Hall–Kier alpha value is -1.35. The van der Waals surface area contributed by atoms with Gasteiger partial charge in [0.15, 0.2) is 5.78 Å². The minimum absolute atomic E-state index is 0.0295. The maximum Gasteiger partial charge on any atom is 0.165 e. The van der Waals surface area contributed by atoms with E-state index in [2.05, 4.69) is 13.8 Å². The molecule has 20 heavy (non-hydrogen) atoms. The number of hydrogen-bond acceptors (Lipinski definition) is 3. The molecule has 0 saturated heterocycles. The van der Waals surface area contributed by atoms with Crippen molar-refractivity contribution in [3.05, 3.63) is 29.8 Å². The molecule has 3 heteroatoms. The average Bonchev–Trinajstić information content (AvgIpc) is 2.40. The summed E-state index contributed by atoms with van der Waals surface area (Å²) in [6.07, 6.45) is 0.533. The molecular weight excluding hydrogens is 250 g/mol. The molecule has 0 aliphatic rings. The second-order valence-corrected chi connectivity index (χ2v) is 5.42. The molecular formula is C17H29NO2. The number of benzene rings is 1. The first-order chi connectivity index (χ1) is 9.40. The highest BCUT2D eigenvalue weighted by atomic mass is 16.3. The molecule has 114 valence electrons. The third kappa shape index (κ3) is 6.71. The van der Waals surface area contributed by atoms with Crippen molar-refractivity contribution in [3.8, 4) is 0 Å². The third-order valence-corrected chi connectivity index (χ3v) is 3.13. The van der Waals surface area contributed by atoms with Crippen molar-refractivity contribution in [1.82, 2.24) is 0 Å². The average molecular weight is 279 g/mol. The number of rotatable bonds is 6. The van der Waals surface area contributed by atoms with Gasteiger partial charge >= 0.3 is 0 Å². The van der Waals surface area contributed by atoms with Crippen LogP contribution in [0.2, 0.25) is 0 Å². The first-order valence-corrected chi connectivity index (χ1v) is 7.47. The molecule has 0 heterocycles. The Morgan fingerprint density at radius 2 is 1.65 bits per heavy atom. The van der Waals surface area contributed by atoms with E-state index in [4.69, 9.17) is 5.73 Å². The standard InChI is InChI=1S/C15H23NO2.C2H6/c1-10(2)8-11(3)14(17)9-15(18)12-4-6-13(16)7-5-12;1-2/h4-7,10-11,14,17H,8-9,16H2,1-3H3;1-2H3. The van der Waals surface area contributed by atoms with E-state index in [1.807, 2.05) is 20.8 Å². The third-order valence-electron chi connectivity index (χ3n) is 3.13. The van der Waals surface area contributed by atoms with Crippen molar-refractivity contribution in [3.63, 3.8) is 0 Å². The fourth-order valence-electron chi connectivity index (χ4n) is 2.08. The Kier molecular flexibility index (Phi) is 8.89. The summed E-state index contributed by atoms with van der Waals surface area (Å²) < 4.78 is 0. The van der Waals surface area contributed by atoms with Crippen LogP contribution in [0.1, 0.15) is 57.8 Å². The van der Waals surface area contributed by atoms with Gasteiger partial charge in [0.05, 0.1) is 6.10 Å². The van der Waals surface area contributed by atoms with Gasteiger partial charge in [0.1, 0.15) is 0 Å². The van der Waals surface area contributed by atoms with Gasteiger partial charge in [-0.2, -0.15) is 0 Å². The number of Topliss-reactive ketones (excluding diaryl/α,β-unsaturated/α-hetero) is 1. The summed E-state index contributed by atoms with van der Waals surface area (Å²) in [5, 5.41) is 10.0. The topological polar surface area (TPSA) is 63.3 Å². The van der Waals surface area contributed by atoms with E-state index in [-0.39, 0.29) is 18.1 Å². The van der Waals surface area contributed by atoms with E-state index in [1.165, 1.54) is 0 Å². The van der Waals surface area contributed by atoms with Crippen LogP contribution in [0.4, 0.5) is 5.69 Å². The lowest BCUT2D eigenvalue weighted by molar-refractivity contribution is 0.0726. The molecule has 1 rings (SSSR count). The maximum absolute atomic E-state index is 12.0. The molecule has 0 aliphatic heterocycles. The molecule has 3 nitrogen and oxygen atoms in total. The summed E-state index contributed by atoms with van der Waals surface area (Å²) >= 11 is 0. The molecule has 2 unspecified atom stereocenters. The van der Waals surface area contributed by atoms with Gasteiger partial charge in [-0.15, -0.1) is 0 Å². The lowest BCUT2D eigenvalue weighted by atomic mass is 9.90. The van der Waals surface area contributed by atoms with E-state index >= 15 is 0 Å². The van der Waals surface area contributed by atoms with Crippen LogP contribution in [0.15, 0.2) is 24.3 Å². The Labute approximate surface area is 123 Å². The Morgan fingerprint density at radius 3 is 2.10 bits per heavy atom. The van der Waals surface area contributed by atoms with Crippen molar-refractivity contribution >= 4 is 11.5 Å². The van der Waals surface area contributed by atoms with Gasteiger partial charge in [-0.05, 0) is 42.5 Å². The van der Waals surface area contributed by atoms with Gasteiger partial charge in [0.2, 0.25) is 0 Å². The number of carbonyl (C=O) groups is 1. The van der Waals surface area contributed by atoms with Crippen molar-refractivity contribution in [2.24, 2.45) is 11.8 Å². The fourth-order valence-corrected chi connectivity index (χ4v) is 2.08. The zero-order valence-electron chi connectivity index (χ0n) is 13.4. The van der Waals surface area contributed by atoms with E-state index in [0.717, 1.165) is 6.42 Å². The SMILES string of the molecule is CC.CC(C)CC(C)C(O)CC(=O)c1ccc(N)cc1. The summed E-state index contributed by atoms with van der Waals surface area (Å²) in [6, 6.07) is 6.82. The van der Waals surface area contributed by atoms with Gasteiger partial charge in [-0.1, -0.05) is 34.6 Å². The van der Waals surface area contributed by atoms with Crippen LogP contribution in [0.5, 0.6) is 0 Å². The van der Waals surface area contributed by atoms with Gasteiger partial charge in [0.25, 0.3) is 0 Å². The molecule has 0 amide bonds. The van der Waals surface area contributed by atoms with Gasteiger partial charge in [0, 0.05) is 17.7 Å². The molecule has 1 aromatic carbocycles. The van der Waals surface area contributed by atoms with Crippen LogP contribution in [0, 0.1) is 11.8 Å². The molecule has 0 radical (unpaired) electrons. The summed E-state index contributed by atoms with van der Waals surface area (Å²) in [5.41, 5.74) is 6.82. The molecule has 0 saturated carbocycles. The number of anilines is 1. The number of nitrogens with two attached hydrogens (primary N) is 1. The van der Waals surface area contributed by atoms with Crippen LogP contribution in [-0.2, 0) is 0 Å². The molecule has 2 atom stereocenters. The summed E-state index contributed by atoms with van der Waals surface area (Å²) in [5.74, 6) is 0.641. The molecule has 0 spiro atoms. The first-order valence-electron chi connectivity index (χ1n) is 7.47. The lowest BCUT2D eigenvalue weighted by Crippen LogP contribution is -2.22. The van der Waals surface area contributed by atoms with Crippen LogP contribution in [0.3, 0.4) is 0 Å². The lowest BCUT2D eigenvalue weighted by Gasteiger charge is -2.20. The predicted molar refractivity (Wildman–Crippen MR) is 85.8 cm³/mol. The van der Waals surface area contributed by atoms with Crippen molar-refractivity contribution in [2.75, 3.05) is 5.73 Å². The number of carbonyl (C=O) groups excluding carboxylic acids is 1. The number of ketones is 1. The molecule has 0 aromatic heterocycles. The van der Waals surface area contributed by atoms with Crippen molar-refractivity contribution < 1.29 is 9.90 Å². The van der Waals surface area contributed by atoms with Gasteiger partial charge in [-0.25, -0.2) is 0 Å². The summed E-state index contributed by atoms with van der Waals surface area (Å²) in [7, 11) is 0. The second kappa shape index (κ2) is 9.54. The smallest absolute Gasteiger partial charge is 0.165 e. The quantitative estimate of drug-likeness (QED) is 0.613. The fraction of sp³-hybridized carbons (Fsp3) is 0.588.